The van der Waals surface area contributed by atoms with E-state index in [-0.39, 0.29) is 11.9 Å². The van der Waals surface area contributed by atoms with Crippen LogP contribution in [0.3, 0.4) is 0 Å². The molecule has 1 amide bonds. The molecule has 0 bridgehead atoms. The van der Waals surface area contributed by atoms with E-state index in [1.807, 2.05) is 17.9 Å². The molecule has 2 N–H and O–H groups in total. The van der Waals surface area contributed by atoms with Crippen LogP contribution in [-0.4, -0.2) is 36.6 Å². The molecule has 1 aromatic carbocycles. The number of benzene rings is 1. The Labute approximate surface area is 114 Å². The summed E-state index contributed by atoms with van der Waals surface area (Å²) in [5.74, 6) is 0.0544. The lowest BCUT2D eigenvalue weighted by Gasteiger charge is -2.33. The van der Waals surface area contributed by atoms with Gasteiger partial charge in [-0.1, -0.05) is 0 Å². The highest BCUT2D eigenvalue weighted by Crippen LogP contribution is 2.19. The van der Waals surface area contributed by atoms with Gasteiger partial charge in [0.1, 0.15) is 0 Å². The number of morpholine rings is 1. The smallest absolute Gasteiger partial charge is 0.254 e. The number of nitrogen functional groups attached to an aromatic ring is 1. The van der Waals surface area contributed by atoms with Crippen LogP contribution in [-0.2, 0) is 4.74 Å². The fraction of sp³-hybridized carbons (Fsp3) is 0.417. The summed E-state index contributed by atoms with van der Waals surface area (Å²) in [6, 6.07) is 5.52. The molecule has 1 heterocycles. The third kappa shape index (κ3) is 2.71. The number of amides is 1. The molecule has 0 aromatic heterocycles. The standard InChI is InChI=1S/C12H15IN2O2/c1-8-7-17-5-4-15(8)12(16)9-2-3-11(14)10(13)6-9/h2-3,6,8H,4-5,7,14H2,1H3/t8-/m1/s1. The molecule has 0 aliphatic carbocycles. The van der Waals surface area contributed by atoms with Crippen LogP contribution in [0.5, 0.6) is 0 Å². The van der Waals surface area contributed by atoms with Crippen LogP contribution >= 0.6 is 22.6 Å². The molecule has 0 spiro atoms. The molecule has 1 aliphatic rings. The van der Waals surface area contributed by atoms with Gasteiger partial charge in [0.15, 0.2) is 0 Å². The van der Waals surface area contributed by atoms with Crippen LogP contribution in [0.2, 0.25) is 0 Å². The molecule has 0 radical (unpaired) electrons. The Morgan fingerprint density at radius 1 is 1.59 bits per heavy atom. The summed E-state index contributed by atoms with van der Waals surface area (Å²) >= 11 is 2.14. The molecule has 2 rings (SSSR count). The van der Waals surface area contributed by atoms with Gasteiger partial charge in [-0.2, -0.15) is 0 Å². The van der Waals surface area contributed by atoms with Gasteiger partial charge in [0.05, 0.1) is 19.3 Å². The van der Waals surface area contributed by atoms with E-state index in [1.165, 1.54) is 0 Å². The first kappa shape index (κ1) is 12.6. The monoisotopic (exact) mass is 346 g/mol. The normalized spacial score (nSPS) is 20.4. The van der Waals surface area contributed by atoms with Gasteiger partial charge in [0, 0.05) is 21.4 Å². The lowest BCUT2D eigenvalue weighted by atomic mass is 10.1. The zero-order chi connectivity index (χ0) is 12.4. The Bertz CT molecular complexity index is 437. The highest BCUT2D eigenvalue weighted by molar-refractivity contribution is 14.1. The number of hydrogen-bond acceptors (Lipinski definition) is 3. The third-order valence-electron chi connectivity index (χ3n) is 2.88. The highest BCUT2D eigenvalue weighted by atomic mass is 127. The van der Waals surface area contributed by atoms with Gasteiger partial charge in [-0.3, -0.25) is 4.79 Å². The first-order valence-electron chi connectivity index (χ1n) is 5.53. The molecular formula is C12H15IN2O2. The van der Waals surface area contributed by atoms with E-state index in [0.717, 1.165) is 3.57 Å². The topological polar surface area (TPSA) is 55.6 Å². The van der Waals surface area contributed by atoms with E-state index in [0.29, 0.717) is 31.0 Å². The zero-order valence-electron chi connectivity index (χ0n) is 9.65. The Kier molecular flexibility index (Phi) is 3.88. The summed E-state index contributed by atoms with van der Waals surface area (Å²) in [6.45, 7) is 3.88. The van der Waals surface area contributed by atoms with Crippen molar-refractivity contribution in [1.82, 2.24) is 4.90 Å². The van der Waals surface area contributed by atoms with E-state index >= 15 is 0 Å². The summed E-state index contributed by atoms with van der Waals surface area (Å²) in [5, 5.41) is 0. The first-order valence-corrected chi connectivity index (χ1v) is 6.61. The zero-order valence-corrected chi connectivity index (χ0v) is 11.8. The average molecular weight is 346 g/mol. The number of nitrogens with two attached hydrogens (primary N) is 1. The van der Waals surface area contributed by atoms with Gasteiger partial charge in [-0.15, -0.1) is 0 Å². The molecule has 4 nitrogen and oxygen atoms in total. The lowest BCUT2D eigenvalue weighted by Crippen LogP contribution is -2.47. The number of rotatable bonds is 1. The second-order valence-electron chi connectivity index (χ2n) is 4.16. The number of carbonyl (C=O) groups excluding carboxylic acids is 1. The van der Waals surface area contributed by atoms with Gasteiger partial charge in [0.2, 0.25) is 0 Å². The van der Waals surface area contributed by atoms with E-state index < -0.39 is 0 Å². The molecule has 1 aliphatic heterocycles. The molecule has 5 heteroatoms. The molecule has 1 atom stereocenters. The summed E-state index contributed by atoms with van der Waals surface area (Å²) in [6.07, 6.45) is 0. The van der Waals surface area contributed by atoms with Crippen molar-refractivity contribution in [3.8, 4) is 0 Å². The minimum atomic E-state index is 0.0544. The van der Waals surface area contributed by atoms with Crippen molar-refractivity contribution < 1.29 is 9.53 Å². The van der Waals surface area contributed by atoms with Gasteiger partial charge in [-0.25, -0.2) is 0 Å². The van der Waals surface area contributed by atoms with E-state index in [9.17, 15) is 4.79 Å². The maximum Gasteiger partial charge on any atom is 0.254 e. The highest BCUT2D eigenvalue weighted by Gasteiger charge is 2.24. The number of halogens is 1. The fourth-order valence-corrected chi connectivity index (χ4v) is 2.37. The van der Waals surface area contributed by atoms with Crippen LogP contribution in [0.15, 0.2) is 18.2 Å². The predicted octanol–water partition coefficient (Wildman–Crippen LogP) is 1.73. The summed E-state index contributed by atoms with van der Waals surface area (Å²) in [7, 11) is 0. The van der Waals surface area contributed by atoms with Crippen LogP contribution in [0.1, 0.15) is 17.3 Å². The van der Waals surface area contributed by atoms with Gasteiger partial charge in [-0.05, 0) is 47.7 Å². The maximum atomic E-state index is 12.3. The molecule has 1 aromatic rings. The number of nitrogens with zero attached hydrogens (tertiary/aromatic N) is 1. The Balaban J connectivity index is 2.21. The second-order valence-corrected chi connectivity index (χ2v) is 5.32. The van der Waals surface area contributed by atoms with Crippen molar-refractivity contribution in [2.75, 3.05) is 25.5 Å². The molecule has 17 heavy (non-hydrogen) atoms. The third-order valence-corrected chi connectivity index (χ3v) is 3.81. The van der Waals surface area contributed by atoms with Crippen LogP contribution < -0.4 is 5.73 Å². The predicted molar refractivity (Wildman–Crippen MR) is 74.9 cm³/mol. The van der Waals surface area contributed by atoms with Crippen molar-refractivity contribution in [3.05, 3.63) is 27.3 Å². The van der Waals surface area contributed by atoms with Crippen molar-refractivity contribution in [3.63, 3.8) is 0 Å². The van der Waals surface area contributed by atoms with E-state index in [4.69, 9.17) is 10.5 Å². The van der Waals surface area contributed by atoms with Gasteiger partial charge >= 0.3 is 0 Å². The van der Waals surface area contributed by atoms with E-state index in [2.05, 4.69) is 22.6 Å². The summed E-state index contributed by atoms with van der Waals surface area (Å²) in [4.78, 5) is 14.2. The Morgan fingerprint density at radius 2 is 2.35 bits per heavy atom. The molecule has 1 saturated heterocycles. The number of carbonyl (C=O) groups is 1. The quantitative estimate of drug-likeness (QED) is 0.623. The maximum absolute atomic E-state index is 12.3. The van der Waals surface area contributed by atoms with Gasteiger partial charge in [0.25, 0.3) is 5.91 Å². The first-order chi connectivity index (χ1) is 8.09. The average Bonchev–Trinajstić information content (AvgIpc) is 2.32. The Hall–Kier alpha value is -0.820. The van der Waals surface area contributed by atoms with Crippen LogP contribution in [0.25, 0.3) is 0 Å². The van der Waals surface area contributed by atoms with Crippen molar-refractivity contribution in [1.29, 1.82) is 0 Å². The van der Waals surface area contributed by atoms with Crippen molar-refractivity contribution in [2.24, 2.45) is 0 Å². The number of ether oxygens (including phenoxy) is 1. The minimum Gasteiger partial charge on any atom is -0.398 e. The second kappa shape index (κ2) is 5.22. The van der Waals surface area contributed by atoms with Crippen molar-refractivity contribution >= 4 is 34.2 Å². The van der Waals surface area contributed by atoms with Crippen molar-refractivity contribution in [2.45, 2.75) is 13.0 Å². The molecule has 92 valence electrons. The SMILES string of the molecule is C[C@@H]1COCCN1C(=O)c1ccc(N)c(I)c1. The lowest BCUT2D eigenvalue weighted by molar-refractivity contribution is 0.00359. The van der Waals surface area contributed by atoms with Crippen LogP contribution in [0, 0.1) is 3.57 Å². The Morgan fingerprint density at radius 3 is 3.00 bits per heavy atom. The largest absolute Gasteiger partial charge is 0.398 e. The molecule has 0 unspecified atom stereocenters. The molecule has 0 saturated carbocycles. The summed E-state index contributed by atoms with van der Waals surface area (Å²) < 4.78 is 6.24. The van der Waals surface area contributed by atoms with Gasteiger partial charge < -0.3 is 15.4 Å². The number of anilines is 1. The molecule has 1 fully saturated rings. The fourth-order valence-electron chi connectivity index (χ4n) is 1.85. The minimum absolute atomic E-state index is 0.0544. The number of hydrogen-bond donors (Lipinski definition) is 1. The summed E-state index contributed by atoms with van der Waals surface area (Å²) in [5.41, 5.74) is 7.14. The van der Waals surface area contributed by atoms with E-state index in [1.54, 1.807) is 12.1 Å². The van der Waals surface area contributed by atoms with Crippen LogP contribution in [0.4, 0.5) is 5.69 Å². The molecular weight excluding hydrogens is 331 g/mol.